The molecule has 1 N–H and O–H groups in total. The van der Waals surface area contributed by atoms with Gasteiger partial charge in [-0.25, -0.2) is 9.78 Å². The maximum absolute atomic E-state index is 13.6. The number of aliphatic hydroxyl groups excluding tert-OH is 1. The number of amides is 1. The number of ketones is 1. The van der Waals surface area contributed by atoms with Crippen LogP contribution < -0.4 is 14.4 Å². The van der Waals surface area contributed by atoms with E-state index in [2.05, 4.69) is 11.6 Å². The van der Waals surface area contributed by atoms with Crippen LogP contribution in [-0.4, -0.2) is 41.0 Å². The zero-order valence-electron chi connectivity index (χ0n) is 24.2. The molecule has 1 aliphatic heterocycles. The van der Waals surface area contributed by atoms with Crippen molar-refractivity contribution >= 4 is 39.9 Å². The van der Waals surface area contributed by atoms with E-state index in [9.17, 15) is 19.5 Å². The van der Waals surface area contributed by atoms with Crippen molar-refractivity contribution in [3.05, 3.63) is 124 Å². The van der Waals surface area contributed by atoms with Crippen LogP contribution in [0.1, 0.15) is 45.0 Å². The number of rotatable bonds is 11. The second-order valence-electron chi connectivity index (χ2n) is 9.77. The minimum atomic E-state index is -1.04. The molecule has 1 saturated heterocycles. The summed E-state index contributed by atoms with van der Waals surface area (Å²) < 4.78 is 16.7. The normalized spacial score (nSPS) is 15.7. The SMILES string of the molecule is C=CCOC(=O)c1sc(N2C(=O)C(=O)C(=C(O)c3cccc(OCC)c3)C2c2ccc(OCc3ccccc3)cc2)nc1C. The van der Waals surface area contributed by atoms with Gasteiger partial charge in [0.1, 0.15) is 35.3 Å². The van der Waals surface area contributed by atoms with Gasteiger partial charge in [-0.1, -0.05) is 78.6 Å². The van der Waals surface area contributed by atoms with E-state index in [1.807, 2.05) is 37.3 Å². The van der Waals surface area contributed by atoms with Crippen LogP contribution in [0.15, 0.2) is 97.1 Å². The number of hydrogen-bond acceptors (Lipinski definition) is 9. The molecule has 1 aliphatic rings. The number of benzene rings is 3. The Balaban J connectivity index is 1.57. The molecule has 4 aromatic rings. The molecule has 3 aromatic carbocycles. The number of ether oxygens (including phenoxy) is 3. The van der Waals surface area contributed by atoms with Crippen molar-refractivity contribution in [1.82, 2.24) is 4.98 Å². The van der Waals surface area contributed by atoms with E-state index < -0.39 is 23.7 Å². The quantitative estimate of drug-likeness (QED) is 0.0682. The summed E-state index contributed by atoms with van der Waals surface area (Å²) in [6.45, 7) is 7.79. The molecule has 0 aliphatic carbocycles. The third-order valence-electron chi connectivity index (χ3n) is 6.82. The maximum atomic E-state index is 13.6. The topological polar surface area (TPSA) is 115 Å². The summed E-state index contributed by atoms with van der Waals surface area (Å²) in [5, 5.41) is 11.6. The Morgan fingerprint density at radius 3 is 2.48 bits per heavy atom. The Labute approximate surface area is 258 Å². The van der Waals surface area contributed by atoms with Crippen LogP contribution in [0.5, 0.6) is 11.5 Å². The lowest BCUT2D eigenvalue weighted by atomic mass is 9.95. The monoisotopic (exact) mass is 610 g/mol. The van der Waals surface area contributed by atoms with E-state index in [-0.39, 0.29) is 27.9 Å². The highest BCUT2D eigenvalue weighted by molar-refractivity contribution is 7.17. The molecule has 1 fully saturated rings. The van der Waals surface area contributed by atoms with Gasteiger partial charge in [0.05, 0.1) is 23.9 Å². The van der Waals surface area contributed by atoms with Crippen LogP contribution in [-0.2, 0) is 20.9 Å². The van der Waals surface area contributed by atoms with Crippen LogP contribution in [0.3, 0.4) is 0 Å². The fourth-order valence-electron chi connectivity index (χ4n) is 4.76. The van der Waals surface area contributed by atoms with Crippen LogP contribution in [0.2, 0.25) is 0 Å². The van der Waals surface area contributed by atoms with E-state index in [0.29, 0.717) is 41.5 Å². The van der Waals surface area contributed by atoms with Gasteiger partial charge in [0, 0.05) is 5.56 Å². The second kappa shape index (κ2) is 13.4. The summed E-state index contributed by atoms with van der Waals surface area (Å²) in [5.41, 5.74) is 2.06. The predicted molar refractivity (Wildman–Crippen MR) is 167 cm³/mol. The number of Topliss-reactive ketones (excluding diaryl/α,β-unsaturated/α-hetero) is 1. The Hall–Kier alpha value is -5.22. The molecule has 5 rings (SSSR count). The zero-order valence-corrected chi connectivity index (χ0v) is 25.0. The minimum absolute atomic E-state index is 0.00945. The number of carbonyl (C=O) groups is 3. The van der Waals surface area contributed by atoms with E-state index >= 15 is 0 Å². The van der Waals surface area contributed by atoms with Crippen molar-refractivity contribution in [1.29, 1.82) is 0 Å². The number of thiazole rings is 1. The molecule has 0 spiro atoms. The molecular formula is C34H30N2O7S. The Kier molecular flexibility index (Phi) is 9.20. The van der Waals surface area contributed by atoms with E-state index in [1.54, 1.807) is 55.5 Å². The number of aromatic nitrogens is 1. The number of aliphatic hydroxyl groups is 1. The molecule has 224 valence electrons. The number of carbonyl (C=O) groups excluding carboxylic acids is 3. The second-order valence-corrected chi connectivity index (χ2v) is 10.7. The van der Waals surface area contributed by atoms with Crippen molar-refractivity contribution in [3.63, 3.8) is 0 Å². The molecule has 0 radical (unpaired) electrons. The number of nitrogens with zero attached hydrogens (tertiary/aromatic N) is 2. The lowest BCUT2D eigenvalue weighted by Gasteiger charge is -2.23. The Bertz CT molecular complexity index is 1730. The third kappa shape index (κ3) is 6.25. The average Bonchev–Trinajstić information content (AvgIpc) is 3.55. The first-order valence-electron chi connectivity index (χ1n) is 13.9. The van der Waals surface area contributed by atoms with Crippen LogP contribution >= 0.6 is 11.3 Å². The van der Waals surface area contributed by atoms with Crippen LogP contribution in [0.4, 0.5) is 5.13 Å². The summed E-state index contributed by atoms with van der Waals surface area (Å²) in [7, 11) is 0. The lowest BCUT2D eigenvalue weighted by molar-refractivity contribution is -0.132. The summed E-state index contributed by atoms with van der Waals surface area (Å²) in [6, 6.07) is 22.2. The largest absolute Gasteiger partial charge is 0.507 e. The van der Waals surface area contributed by atoms with Gasteiger partial charge in [0.2, 0.25) is 0 Å². The smallest absolute Gasteiger partial charge is 0.350 e. The average molecular weight is 611 g/mol. The van der Waals surface area contributed by atoms with Crippen molar-refractivity contribution in [2.45, 2.75) is 26.5 Å². The Morgan fingerprint density at radius 1 is 1.02 bits per heavy atom. The van der Waals surface area contributed by atoms with E-state index in [0.717, 1.165) is 16.9 Å². The van der Waals surface area contributed by atoms with E-state index in [4.69, 9.17) is 14.2 Å². The van der Waals surface area contributed by atoms with Crippen LogP contribution in [0.25, 0.3) is 5.76 Å². The molecule has 1 aromatic heterocycles. The first kappa shape index (κ1) is 30.2. The first-order chi connectivity index (χ1) is 21.3. The lowest BCUT2D eigenvalue weighted by Crippen LogP contribution is -2.29. The van der Waals surface area contributed by atoms with E-state index in [1.165, 1.54) is 11.0 Å². The highest BCUT2D eigenvalue weighted by Crippen LogP contribution is 2.44. The van der Waals surface area contributed by atoms with Gasteiger partial charge in [-0.05, 0) is 49.2 Å². The molecule has 1 amide bonds. The summed E-state index contributed by atoms with van der Waals surface area (Å²) in [5.74, 6) is -1.67. The van der Waals surface area contributed by atoms with Gasteiger partial charge in [-0.3, -0.25) is 14.5 Å². The predicted octanol–water partition coefficient (Wildman–Crippen LogP) is 6.40. The number of esters is 1. The standard InChI is InChI=1S/C34H30N2O7S/c1-4-18-42-33(40)31-21(3)35-34(44-31)36-28(23-14-16-25(17-15-23)43-20-22-10-7-6-8-11-22)27(30(38)32(36)39)29(37)24-12-9-13-26(19-24)41-5-2/h4,6-17,19,28,37H,1,5,18,20H2,2-3H3. The van der Waals surface area contributed by atoms with Crippen LogP contribution in [0, 0.1) is 6.92 Å². The fourth-order valence-corrected chi connectivity index (χ4v) is 5.75. The van der Waals surface area contributed by atoms with Gasteiger partial charge in [-0.15, -0.1) is 0 Å². The first-order valence-corrected chi connectivity index (χ1v) is 14.7. The van der Waals surface area contributed by atoms with Crippen molar-refractivity contribution in [2.24, 2.45) is 0 Å². The fraction of sp³-hybridized carbons (Fsp3) is 0.176. The molecule has 2 heterocycles. The molecule has 0 bridgehead atoms. The highest BCUT2D eigenvalue weighted by atomic mass is 32.1. The van der Waals surface area contributed by atoms with Gasteiger partial charge in [0.25, 0.3) is 5.78 Å². The summed E-state index contributed by atoms with van der Waals surface area (Å²) in [4.78, 5) is 45.7. The molecular weight excluding hydrogens is 580 g/mol. The summed E-state index contributed by atoms with van der Waals surface area (Å²) in [6.07, 6.45) is 1.45. The van der Waals surface area contributed by atoms with Crippen molar-refractivity contribution in [3.8, 4) is 11.5 Å². The Morgan fingerprint density at radius 2 is 1.77 bits per heavy atom. The molecule has 44 heavy (non-hydrogen) atoms. The van der Waals surface area contributed by atoms with Gasteiger partial charge in [-0.2, -0.15) is 0 Å². The van der Waals surface area contributed by atoms with Gasteiger partial charge in [0.15, 0.2) is 5.13 Å². The van der Waals surface area contributed by atoms with Crippen molar-refractivity contribution in [2.75, 3.05) is 18.1 Å². The molecule has 9 nitrogen and oxygen atoms in total. The zero-order chi connectivity index (χ0) is 31.2. The third-order valence-corrected chi connectivity index (χ3v) is 7.95. The number of aryl methyl sites for hydroxylation is 1. The van der Waals surface area contributed by atoms with Gasteiger partial charge >= 0.3 is 11.9 Å². The highest BCUT2D eigenvalue weighted by Gasteiger charge is 2.48. The van der Waals surface area contributed by atoms with Crippen molar-refractivity contribution < 1.29 is 33.7 Å². The number of anilines is 1. The maximum Gasteiger partial charge on any atom is 0.350 e. The minimum Gasteiger partial charge on any atom is -0.507 e. The van der Waals surface area contributed by atoms with Gasteiger partial charge < -0.3 is 19.3 Å². The molecule has 1 unspecified atom stereocenters. The molecule has 1 atom stereocenters. The summed E-state index contributed by atoms with van der Waals surface area (Å²) >= 11 is 0.931. The number of hydrogen-bond donors (Lipinski definition) is 1. The molecule has 0 saturated carbocycles. The molecule has 10 heteroatoms.